The third-order valence-corrected chi connectivity index (χ3v) is 5.04. The molecule has 0 saturated carbocycles. The van der Waals surface area contributed by atoms with E-state index < -0.39 is 9.84 Å². The summed E-state index contributed by atoms with van der Waals surface area (Å²) in [6.07, 6.45) is 2.77. The second-order valence-electron chi connectivity index (χ2n) is 5.03. The van der Waals surface area contributed by atoms with Crippen molar-refractivity contribution in [3.8, 4) is 16.9 Å². The van der Waals surface area contributed by atoms with Crippen molar-refractivity contribution in [2.24, 2.45) is 0 Å². The normalized spacial score (nSPS) is 11.6. The van der Waals surface area contributed by atoms with Gasteiger partial charge in [-0.1, -0.05) is 35.3 Å². The fourth-order valence-corrected chi connectivity index (χ4v) is 3.24. The van der Waals surface area contributed by atoms with Crippen LogP contribution in [0.4, 0.5) is 0 Å². The number of hydrogen-bond donors (Lipinski definition) is 0. The predicted octanol–water partition coefficient (Wildman–Crippen LogP) is 4.25. The van der Waals surface area contributed by atoms with E-state index >= 15 is 0 Å². The van der Waals surface area contributed by atoms with Crippen LogP contribution in [0.3, 0.4) is 0 Å². The van der Waals surface area contributed by atoms with Gasteiger partial charge >= 0.3 is 0 Å². The summed E-state index contributed by atoms with van der Waals surface area (Å²) in [5.41, 5.74) is 2.35. The molecule has 7 heteroatoms. The van der Waals surface area contributed by atoms with Crippen LogP contribution >= 0.6 is 23.2 Å². The molecule has 0 spiro atoms. The number of benzene rings is 2. The summed E-state index contributed by atoms with van der Waals surface area (Å²) >= 11 is 12.1. The van der Waals surface area contributed by atoms with Crippen molar-refractivity contribution in [1.82, 2.24) is 9.55 Å². The van der Waals surface area contributed by atoms with Gasteiger partial charge in [0.25, 0.3) is 0 Å². The predicted molar refractivity (Wildman–Crippen MR) is 92.1 cm³/mol. The van der Waals surface area contributed by atoms with Gasteiger partial charge in [-0.2, -0.15) is 0 Å². The molecule has 3 aromatic rings. The Hall–Kier alpha value is -1.82. The highest BCUT2D eigenvalue weighted by Crippen LogP contribution is 2.30. The summed E-state index contributed by atoms with van der Waals surface area (Å²) in [5, 5.41) is 0.993. The van der Waals surface area contributed by atoms with Crippen LogP contribution in [0.5, 0.6) is 0 Å². The van der Waals surface area contributed by atoms with Gasteiger partial charge in [-0.15, -0.1) is 0 Å². The lowest BCUT2D eigenvalue weighted by Gasteiger charge is -2.09. The number of nitrogens with zero attached hydrogens (tertiary/aromatic N) is 2. The quantitative estimate of drug-likeness (QED) is 0.696. The lowest BCUT2D eigenvalue weighted by molar-refractivity contribution is 0.602. The monoisotopic (exact) mass is 366 g/mol. The standard InChI is InChI=1S/C16H12Cl2N2O2S/c1-23(21,22)14-8-6-13(7-9-14)20-10-19-16(18)15(20)11-2-4-12(17)5-3-11/h2-10H,1H3. The van der Waals surface area contributed by atoms with Gasteiger partial charge in [-0.05, 0) is 36.4 Å². The number of rotatable bonds is 3. The summed E-state index contributed by atoms with van der Waals surface area (Å²) in [6, 6.07) is 13.8. The minimum Gasteiger partial charge on any atom is -0.297 e. The number of aromatic nitrogens is 2. The molecule has 0 N–H and O–H groups in total. The molecule has 23 heavy (non-hydrogen) atoms. The first-order valence-electron chi connectivity index (χ1n) is 6.65. The van der Waals surface area contributed by atoms with Gasteiger partial charge in [-0.3, -0.25) is 4.57 Å². The maximum Gasteiger partial charge on any atom is 0.175 e. The van der Waals surface area contributed by atoms with Crippen LogP contribution in [0, 0.1) is 0 Å². The molecule has 0 unspecified atom stereocenters. The van der Waals surface area contributed by atoms with E-state index in [0.717, 1.165) is 16.9 Å². The summed E-state index contributed by atoms with van der Waals surface area (Å²) in [7, 11) is -3.23. The van der Waals surface area contributed by atoms with Crippen LogP contribution in [-0.2, 0) is 9.84 Å². The maximum atomic E-state index is 11.6. The minimum absolute atomic E-state index is 0.264. The third-order valence-electron chi connectivity index (χ3n) is 3.38. The first-order chi connectivity index (χ1) is 10.9. The number of hydrogen-bond acceptors (Lipinski definition) is 3. The van der Waals surface area contributed by atoms with E-state index in [2.05, 4.69) is 4.98 Å². The molecule has 1 heterocycles. The Bertz CT molecular complexity index is 947. The molecule has 4 nitrogen and oxygen atoms in total. The van der Waals surface area contributed by atoms with Crippen LogP contribution in [-0.4, -0.2) is 24.2 Å². The van der Waals surface area contributed by atoms with Crippen LogP contribution in [0.15, 0.2) is 59.8 Å². The molecule has 2 aromatic carbocycles. The molecule has 0 fully saturated rings. The van der Waals surface area contributed by atoms with Gasteiger partial charge in [-0.25, -0.2) is 13.4 Å². The summed E-state index contributed by atoms with van der Waals surface area (Å²) < 4.78 is 24.9. The third kappa shape index (κ3) is 3.27. The van der Waals surface area contributed by atoms with Gasteiger partial charge in [0.05, 0.1) is 10.6 Å². The van der Waals surface area contributed by atoms with Crippen molar-refractivity contribution in [1.29, 1.82) is 0 Å². The van der Waals surface area contributed by atoms with Gasteiger partial charge in [0.2, 0.25) is 0 Å². The molecule has 0 bridgehead atoms. The average molecular weight is 367 g/mol. The number of imidazole rings is 1. The molecule has 0 saturated heterocycles. The van der Waals surface area contributed by atoms with Gasteiger partial charge in [0, 0.05) is 22.5 Å². The van der Waals surface area contributed by atoms with Crippen molar-refractivity contribution in [2.45, 2.75) is 4.90 Å². The smallest absolute Gasteiger partial charge is 0.175 e. The van der Waals surface area contributed by atoms with Gasteiger partial charge in [0.15, 0.2) is 15.0 Å². The Labute approximate surface area is 144 Å². The lowest BCUT2D eigenvalue weighted by Crippen LogP contribution is -1.99. The molecule has 0 aliphatic rings. The van der Waals surface area contributed by atoms with Gasteiger partial charge < -0.3 is 0 Å². The zero-order valence-corrected chi connectivity index (χ0v) is 14.4. The Kier molecular flexibility index (Phi) is 4.19. The highest BCUT2D eigenvalue weighted by atomic mass is 35.5. The first-order valence-corrected chi connectivity index (χ1v) is 9.30. The zero-order chi connectivity index (χ0) is 16.6. The van der Waals surface area contributed by atoms with Crippen LogP contribution < -0.4 is 0 Å². The molecule has 1 aromatic heterocycles. The van der Waals surface area contributed by atoms with Crippen molar-refractivity contribution < 1.29 is 8.42 Å². The first kappa shape index (κ1) is 16.1. The Morgan fingerprint density at radius 3 is 2.13 bits per heavy atom. The van der Waals surface area contributed by atoms with E-state index in [4.69, 9.17) is 23.2 Å². The van der Waals surface area contributed by atoms with Crippen molar-refractivity contribution in [3.63, 3.8) is 0 Å². The van der Waals surface area contributed by atoms with Crippen molar-refractivity contribution in [2.75, 3.05) is 6.26 Å². The van der Waals surface area contributed by atoms with E-state index in [-0.39, 0.29) is 4.90 Å². The molecule has 0 atom stereocenters. The largest absolute Gasteiger partial charge is 0.297 e. The van der Waals surface area contributed by atoms with Crippen molar-refractivity contribution in [3.05, 3.63) is 65.0 Å². The summed E-state index contributed by atoms with van der Waals surface area (Å²) in [5.74, 6) is 0. The minimum atomic E-state index is -3.23. The van der Waals surface area contributed by atoms with Crippen molar-refractivity contribution >= 4 is 33.0 Å². The molecule has 118 valence electrons. The fourth-order valence-electron chi connectivity index (χ4n) is 2.24. The Morgan fingerprint density at radius 1 is 0.957 bits per heavy atom. The number of sulfone groups is 1. The Morgan fingerprint density at radius 2 is 1.57 bits per heavy atom. The summed E-state index contributed by atoms with van der Waals surface area (Å²) in [4.78, 5) is 4.40. The molecular weight excluding hydrogens is 355 g/mol. The Balaban J connectivity index is 2.10. The van der Waals surface area contributed by atoms with Crippen LogP contribution in [0.25, 0.3) is 16.9 Å². The molecule has 0 aliphatic carbocycles. The molecule has 0 radical (unpaired) electrons. The average Bonchev–Trinajstić information content (AvgIpc) is 2.89. The van der Waals surface area contributed by atoms with E-state index in [1.807, 2.05) is 12.1 Å². The second kappa shape index (κ2) is 6.00. The molecule has 0 amide bonds. The van der Waals surface area contributed by atoms with Gasteiger partial charge in [0.1, 0.15) is 6.33 Å². The fraction of sp³-hybridized carbons (Fsp3) is 0.0625. The molecular formula is C16H12Cl2N2O2S. The van der Waals surface area contributed by atoms with E-state index in [1.54, 1.807) is 47.3 Å². The number of halogens is 2. The van der Waals surface area contributed by atoms with E-state index in [1.165, 1.54) is 6.26 Å². The lowest BCUT2D eigenvalue weighted by atomic mass is 10.1. The topological polar surface area (TPSA) is 52.0 Å². The zero-order valence-electron chi connectivity index (χ0n) is 12.1. The highest BCUT2D eigenvalue weighted by Gasteiger charge is 2.14. The van der Waals surface area contributed by atoms with Crippen LogP contribution in [0.1, 0.15) is 0 Å². The van der Waals surface area contributed by atoms with E-state index in [0.29, 0.717) is 10.2 Å². The van der Waals surface area contributed by atoms with E-state index in [9.17, 15) is 8.42 Å². The maximum absolute atomic E-state index is 11.6. The summed E-state index contributed by atoms with van der Waals surface area (Å²) in [6.45, 7) is 0. The highest BCUT2D eigenvalue weighted by molar-refractivity contribution is 7.90. The van der Waals surface area contributed by atoms with Crippen LogP contribution in [0.2, 0.25) is 10.2 Å². The molecule has 0 aliphatic heterocycles. The SMILES string of the molecule is CS(=O)(=O)c1ccc(-n2cnc(Cl)c2-c2ccc(Cl)cc2)cc1. The second-order valence-corrected chi connectivity index (χ2v) is 7.84. The molecule has 3 rings (SSSR count).